The van der Waals surface area contributed by atoms with Gasteiger partial charge in [0.15, 0.2) is 17.3 Å². The van der Waals surface area contributed by atoms with E-state index in [9.17, 15) is 4.79 Å². The normalized spacial score (nSPS) is 10.6. The quantitative estimate of drug-likeness (QED) is 0.663. The summed E-state index contributed by atoms with van der Waals surface area (Å²) in [6, 6.07) is 5.45. The molecule has 0 aliphatic carbocycles. The fourth-order valence-corrected chi connectivity index (χ4v) is 2.10. The first-order chi connectivity index (χ1) is 9.17. The van der Waals surface area contributed by atoms with Gasteiger partial charge >= 0.3 is 0 Å². The highest BCUT2D eigenvalue weighted by atomic mass is 16.5. The van der Waals surface area contributed by atoms with E-state index >= 15 is 0 Å². The minimum atomic E-state index is 0.0902. The van der Waals surface area contributed by atoms with Crippen molar-refractivity contribution in [2.24, 2.45) is 5.92 Å². The van der Waals surface area contributed by atoms with Crippen LogP contribution >= 0.6 is 0 Å². The number of hydrogen-bond donors (Lipinski definition) is 0. The lowest BCUT2D eigenvalue weighted by atomic mass is 9.93. The second-order valence-corrected chi connectivity index (χ2v) is 4.41. The summed E-state index contributed by atoms with van der Waals surface area (Å²) in [6.07, 6.45) is 1.74. The Bertz CT molecular complexity index is 408. The Morgan fingerprint density at radius 2 is 1.58 bits per heavy atom. The van der Waals surface area contributed by atoms with Crippen molar-refractivity contribution in [2.75, 3.05) is 13.2 Å². The van der Waals surface area contributed by atoms with Crippen LogP contribution in [-0.2, 0) is 0 Å². The minimum absolute atomic E-state index is 0.0902. The van der Waals surface area contributed by atoms with Gasteiger partial charge in [0.2, 0.25) is 0 Å². The Morgan fingerprint density at radius 1 is 1.00 bits per heavy atom. The molecular formula is C16H24O3. The molecule has 0 saturated carbocycles. The zero-order valence-corrected chi connectivity index (χ0v) is 12.4. The average Bonchev–Trinajstić information content (AvgIpc) is 2.42. The van der Waals surface area contributed by atoms with Gasteiger partial charge in [-0.25, -0.2) is 0 Å². The Hall–Kier alpha value is -1.51. The zero-order chi connectivity index (χ0) is 14.3. The van der Waals surface area contributed by atoms with Crippen LogP contribution in [-0.4, -0.2) is 19.0 Å². The molecule has 0 unspecified atom stereocenters. The lowest BCUT2D eigenvalue weighted by Crippen LogP contribution is -2.13. The summed E-state index contributed by atoms with van der Waals surface area (Å²) >= 11 is 0. The second-order valence-electron chi connectivity index (χ2n) is 4.41. The molecule has 3 nitrogen and oxygen atoms in total. The number of ketones is 1. The lowest BCUT2D eigenvalue weighted by molar-refractivity contribution is 0.0913. The molecular weight excluding hydrogens is 240 g/mol. The van der Waals surface area contributed by atoms with Crippen molar-refractivity contribution in [1.82, 2.24) is 0 Å². The first kappa shape index (κ1) is 15.5. The van der Waals surface area contributed by atoms with E-state index in [0.717, 1.165) is 12.8 Å². The van der Waals surface area contributed by atoms with Crippen LogP contribution in [0.3, 0.4) is 0 Å². The van der Waals surface area contributed by atoms with Crippen molar-refractivity contribution in [1.29, 1.82) is 0 Å². The van der Waals surface area contributed by atoms with Gasteiger partial charge in [0.1, 0.15) is 0 Å². The Kier molecular flexibility index (Phi) is 6.40. The van der Waals surface area contributed by atoms with Gasteiger partial charge in [-0.3, -0.25) is 4.79 Å². The fourth-order valence-electron chi connectivity index (χ4n) is 2.10. The summed E-state index contributed by atoms with van der Waals surface area (Å²) in [5, 5.41) is 0. The molecule has 0 bridgehead atoms. The van der Waals surface area contributed by atoms with Gasteiger partial charge in [-0.1, -0.05) is 13.8 Å². The molecule has 0 atom stereocenters. The smallest absolute Gasteiger partial charge is 0.166 e. The summed E-state index contributed by atoms with van der Waals surface area (Å²) in [7, 11) is 0. The molecule has 19 heavy (non-hydrogen) atoms. The predicted octanol–water partition coefficient (Wildman–Crippen LogP) is 4.10. The molecule has 0 fully saturated rings. The van der Waals surface area contributed by atoms with E-state index < -0.39 is 0 Å². The Balaban J connectivity index is 3.03. The van der Waals surface area contributed by atoms with Crippen LogP contribution in [0.4, 0.5) is 0 Å². The summed E-state index contributed by atoms with van der Waals surface area (Å²) in [6.45, 7) is 9.08. The summed E-state index contributed by atoms with van der Waals surface area (Å²) < 4.78 is 11.1. The van der Waals surface area contributed by atoms with E-state index in [1.165, 1.54) is 0 Å². The van der Waals surface area contributed by atoms with Crippen molar-refractivity contribution >= 4 is 5.78 Å². The molecule has 1 aromatic rings. The standard InChI is InChI=1S/C16H24O3/c1-5-12(6-2)16(17)13-9-10-14(18-7-3)15(11-13)19-8-4/h9-12H,5-8H2,1-4H3. The summed E-state index contributed by atoms with van der Waals surface area (Å²) in [4.78, 5) is 12.3. The molecule has 0 radical (unpaired) electrons. The number of carbonyl (C=O) groups is 1. The van der Waals surface area contributed by atoms with Crippen LogP contribution < -0.4 is 9.47 Å². The maximum absolute atomic E-state index is 12.3. The molecule has 1 rings (SSSR count). The molecule has 0 aliphatic rings. The molecule has 0 aromatic heterocycles. The molecule has 0 saturated heterocycles. The van der Waals surface area contributed by atoms with Gasteiger partial charge in [-0.05, 0) is 44.9 Å². The van der Waals surface area contributed by atoms with Gasteiger partial charge in [0, 0.05) is 11.5 Å². The topological polar surface area (TPSA) is 35.5 Å². The van der Waals surface area contributed by atoms with Gasteiger partial charge in [0.05, 0.1) is 13.2 Å². The van der Waals surface area contributed by atoms with Crippen LogP contribution in [0.15, 0.2) is 18.2 Å². The third kappa shape index (κ3) is 3.98. The maximum Gasteiger partial charge on any atom is 0.166 e. The number of Topliss-reactive ketones (excluding diaryl/α,β-unsaturated/α-hetero) is 1. The van der Waals surface area contributed by atoms with Crippen LogP contribution in [0.5, 0.6) is 11.5 Å². The number of ether oxygens (including phenoxy) is 2. The van der Waals surface area contributed by atoms with Crippen molar-refractivity contribution in [3.05, 3.63) is 23.8 Å². The van der Waals surface area contributed by atoms with E-state index in [4.69, 9.17) is 9.47 Å². The van der Waals surface area contributed by atoms with Crippen molar-refractivity contribution in [2.45, 2.75) is 40.5 Å². The summed E-state index contributed by atoms with van der Waals surface area (Å²) in [5.74, 6) is 1.63. The first-order valence-corrected chi connectivity index (χ1v) is 7.11. The maximum atomic E-state index is 12.3. The van der Waals surface area contributed by atoms with Crippen molar-refractivity contribution in [3.8, 4) is 11.5 Å². The molecule has 0 amide bonds. The van der Waals surface area contributed by atoms with E-state index in [1.807, 2.05) is 39.8 Å². The predicted molar refractivity (Wildman–Crippen MR) is 77.2 cm³/mol. The summed E-state index contributed by atoms with van der Waals surface area (Å²) in [5.41, 5.74) is 0.709. The SMILES string of the molecule is CCOc1ccc(C(=O)C(CC)CC)cc1OCC. The molecule has 0 aliphatic heterocycles. The highest BCUT2D eigenvalue weighted by Gasteiger charge is 2.18. The molecule has 1 aromatic carbocycles. The third-order valence-electron chi connectivity index (χ3n) is 3.18. The fraction of sp³-hybridized carbons (Fsp3) is 0.562. The van der Waals surface area contributed by atoms with Gasteiger partial charge in [-0.2, -0.15) is 0 Å². The number of carbonyl (C=O) groups excluding carboxylic acids is 1. The van der Waals surface area contributed by atoms with Gasteiger partial charge in [0.25, 0.3) is 0 Å². The Labute approximate surface area is 115 Å². The Morgan fingerprint density at radius 3 is 2.11 bits per heavy atom. The molecule has 0 spiro atoms. The highest BCUT2D eigenvalue weighted by Crippen LogP contribution is 2.30. The molecule has 0 heterocycles. The van der Waals surface area contributed by atoms with Crippen molar-refractivity contribution < 1.29 is 14.3 Å². The highest BCUT2D eigenvalue weighted by molar-refractivity contribution is 5.98. The van der Waals surface area contributed by atoms with Crippen LogP contribution in [0.1, 0.15) is 50.9 Å². The molecule has 0 N–H and O–H groups in total. The average molecular weight is 264 g/mol. The van der Waals surface area contributed by atoms with E-state index in [0.29, 0.717) is 30.3 Å². The molecule has 3 heteroatoms. The van der Waals surface area contributed by atoms with Crippen LogP contribution in [0.2, 0.25) is 0 Å². The zero-order valence-electron chi connectivity index (χ0n) is 12.4. The van der Waals surface area contributed by atoms with E-state index in [-0.39, 0.29) is 11.7 Å². The van der Waals surface area contributed by atoms with Gasteiger partial charge in [-0.15, -0.1) is 0 Å². The number of benzene rings is 1. The van der Waals surface area contributed by atoms with E-state index in [2.05, 4.69) is 0 Å². The largest absolute Gasteiger partial charge is 0.490 e. The number of rotatable bonds is 8. The van der Waals surface area contributed by atoms with Crippen molar-refractivity contribution in [3.63, 3.8) is 0 Å². The molecule has 106 valence electrons. The third-order valence-corrected chi connectivity index (χ3v) is 3.18. The lowest BCUT2D eigenvalue weighted by Gasteiger charge is -2.14. The monoisotopic (exact) mass is 264 g/mol. The minimum Gasteiger partial charge on any atom is -0.490 e. The van der Waals surface area contributed by atoms with Gasteiger partial charge < -0.3 is 9.47 Å². The van der Waals surface area contributed by atoms with Crippen LogP contribution in [0, 0.1) is 5.92 Å². The first-order valence-electron chi connectivity index (χ1n) is 7.11. The second kappa shape index (κ2) is 7.82. The van der Waals surface area contributed by atoms with E-state index in [1.54, 1.807) is 6.07 Å². The van der Waals surface area contributed by atoms with Crippen LogP contribution in [0.25, 0.3) is 0 Å². The number of hydrogen-bond acceptors (Lipinski definition) is 3.